The molecular weight excluding hydrogens is 326 g/mol. The first-order valence-corrected chi connectivity index (χ1v) is 9.94. The minimum Gasteiger partial charge on any atom is -0.348 e. The van der Waals surface area contributed by atoms with Crippen LogP contribution < -0.4 is 0 Å². The molecule has 2 heterocycles. The van der Waals surface area contributed by atoms with Crippen LogP contribution in [0, 0.1) is 11.8 Å². The summed E-state index contributed by atoms with van der Waals surface area (Å²) in [7, 11) is 0. The van der Waals surface area contributed by atoms with Gasteiger partial charge in [0.15, 0.2) is 0 Å². The minimum atomic E-state index is -0.0468. The highest BCUT2D eigenvalue weighted by Gasteiger charge is 2.36. The fourth-order valence-electron chi connectivity index (χ4n) is 3.67. The molecule has 0 aromatic carbocycles. The van der Waals surface area contributed by atoms with Gasteiger partial charge in [-0.15, -0.1) is 0 Å². The van der Waals surface area contributed by atoms with Crippen molar-refractivity contribution < 1.29 is 9.59 Å². The van der Waals surface area contributed by atoms with E-state index in [1.807, 2.05) is 23.4 Å². The van der Waals surface area contributed by atoms with E-state index in [4.69, 9.17) is 0 Å². The molecule has 0 bridgehead atoms. The Labute approximate surface area is 157 Å². The van der Waals surface area contributed by atoms with E-state index >= 15 is 0 Å². The topological polar surface area (TPSA) is 45.6 Å². The maximum absolute atomic E-state index is 13.1. The second-order valence-electron chi connectivity index (χ2n) is 9.28. The lowest BCUT2D eigenvalue weighted by atomic mass is 10.0. The molecule has 0 N–H and O–H groups in total. The summed E-state index contributed by atoms with van der Waals surface area (Å²) in [5.74, 6) is 1.26. The summed E-state index contributed by atoms with van der Waals surface area (Å²) in [5, 5.41) is 0. The molecule has 2 amide bonds. The van der Waals surface area contributed by atoms with Crippen molar-refractivity contribution in [3.05, 3.63) is 24.0 Å². The molecule has 1 saturated carbocycles. The van der Waals surface area contributed by atoms with Crippen LogP contribution in [0.15, 0.2) is 18.5 Å². The minimum absolute atomic E-state index is 0.0414. The number of hydrogen-bond acceptors (Lipinski definition) is 2. The van der Waals surface area contributed by atoms with Crippen molar-refractivity contribution in [1.82, 2.24) is 14.4 Å². The number of rotatable bonds is 4. The maximum atomic E-state index is 13.1. The fourth-order valence-corrected chi connectivity index (χ4v) is 3.67. The van der Waals surface area contributed by atoms with Crippen LogP contribution in [0.25, 0.3) is 0 Å². The predicted octanol–water partition coefficient (Wildman–Crippen LogP) is 3.35. The quantitative estimate of drug-likeness (QED) is 0.827. The largest absolute Gasteiger partial charge is 0.348 e. The predicted molar refractivity (Wildman–Crippen MR) is 103 cm³/mol. The number of amides is 2. The SMILES string of the molecule is CC(C)C1CN(C(=O)c2ccn(C(C)(C)C)c2)CCC(=O)N1CC1CC1. The number of nitrogens with zero attached hydrogens (tertiary/aromatic N) is 3. The van der Waals surface area contributed by atoms with Gasteiger partial charge in [0.1, 0.15) is 0 Å². The molecule has 5 heteroatoms. The van der Waals surface area contributed by atoms with Crippen LogP contribution in [0.3, 0.4) is 0 Å². The summed E-state index contributed by atoms with van der Waals surface area (Å²) in [6.07, 6.45) is 6.80. The highest BCUT2D eigenvalue weighted by atomic mass is 16.2. The normalized spacial score (nSPS) is 22.1. The summed E-state index contributed by atoms with van der Waals surface area (Å²) in [6, 6.07) is 2.01. The highest BCUT2D eigenvalue weighted by Crippen LogP contribution is 2.32. The first-order chi connectivity index (χ1) is 12.2. The molecule has 5 nitrogen and oxygen atoms in total. The van der Waals surface area contributed by atoms with Gasteiger partial charge in [0, 0.05) is 44.0 Å². The summed E-state index contributed by atoms with van der Waals surface area (Å²) in [6.45, 7) is 12.7. The lowest BCUT2D eigenvalue weighted by molar-refractivity contribution is -0.133. The third-order valence-corrected chi connectivity index (χ3v) is 5.65. The molecule has 2 aliphatic rings. The van der Waals surface area contributed by atoms with Crippen molar-refractivity contribution in [2.24, 2.45) is 11.8 Å². The van der Waals surface area contributed by atoms with Gasteiger partial charge in [0.05, 0.1) is 11.6 Å². The lowest BCUT2D eigenvalue weighted by Gasteiger charge is -2.34. The first-order valence-electron chi connectivity index (χ1n) is 9.94. The molecule has 2 fully saturated rings. The lowest BCUT2D eigenvalue weighted by Crippen LogP contribution is -2.48. The Kier molecular flexibility index (Phi) is 5.18. The Bertz CT molecular complexity index is 667. The van der Waals surface area contributed by atoms with E-state index in [1.54, 1.807) is 0 Å². The number of carbonyl (C=O) groups is 2. The zero-order chi connectivity index (χ0) is 19.1. The van der Waals surface area contributed by atoms with Gasteiger partial charge in [-0.05, 0) is 51.5 Å². The Morgan fingerprint density at radius 3 is 2.50 bits per heavy atom. The smallest absolute Gasteiger partial charge is 0.255 e. The van der Waals surface area contributed by atoms with E-state index in [-0.39, 0.29) is 23.4 Å². The van der Waals surface area contributed by atoms with Gasteiger partial charge < -0.3 is 14.4 Å². The van der Waals surface area contributed by atoms with Crippen molar-refractivity contribution in [2.75, 3.05) is 19.6 Å². The van der Waals surface area contributed by atoms with Crippen LogP contribution in [-0.2, 0) is 10.3 Å². The standard InChI is InChI=1S/C21H33N3O2/c1-15(2)18-14-22(10-9-19(25)24(18)12-16-6-7-16)20(26)17-8-11-23(13-17)21(3,4)5/h8,11,13,15-16,18H,6-7,9-10,12,14H2,1-5H3. The van der Waals surface area contributed by atoms with Crippen LogP contribution in [0.5, 0.6) is 0 Å². The maximum Gasteiger partial charge on any atom is 0.255 e. The zero-order valence-electron chi connectivity index (χ0n) is 16.9. The second-order valence-corrected chi connectivity index (χ2v) is 9.28. The molecule has 1 atom stereocenters. The molecule has 3 rings (SSSR count). The number of carbonyl (C=O) groups excluding carboxylic acids is 2. The van der Waals surface area contributed by atoms with Crippen molar-refractivity contribution >= 4 is 11.8 Å². The van der Waals surface area contributed by atoms with Crippen molar-refractivity contribution in [3.63, 3.8) is 0 Å². The Balaban J connectivity index is 1.78. The van der Waals surface area contributed by atoms with Gasteiger partial charge in [-0.3, -0.25) is 9.59 Å². The number of aromatic nitrogens is 1. The van der Waals surface area contributed by atoms with Gasteiger partial charge in [0.25, 0.3) is 5.91 Å². The Morgan fingerprint density at radius 1 is 1.27 bits per heavy atom. The van der Waals surface area contributed by atoms with E-state index in [0.29, 0.717) is 36.9 Å². The molecule has 144 valence electrons. The van der Waals surface area contributed by atoms with Gasteiger partial charge in [-0.25, -0.2) is 0 Å². The second kappa shape index (κ2) is 7.09. The summed E-state index contributed by atoms with van der Waals surface area (Å²) >= 11 is 0. The van der Waals surface area contributed by atoms with E-state index in [2.05, 4.69) is 44.1 Å². The zero-order valence-corrected chi connectivity index (χ0v) is 16.9. The fraction of sp³-hybridized carbons (Fsp3) is 0.714. The Morgan fingerprint density at radius 2 is 1.96 bits per heavy atom. The molecule has 1 saturated heterocycles. The molecule has 1 aliphatic carbocycles. The van der Waals surface area contributed by atoms with Crippen molar-refractivity contribution in [3.8, 4) is 0 Å². The van der Waals surface area contributed by atoms with Crippen molar-refractivity contribution in [2.45, 2.75) is 65.5 Å². The molecular formula is C21H33N3O2. The van der Waals surface area contributed by atoms with Gasteiger partial charge in [-0.2, -0.15) is 0 Å². The third-order valence-electron chi connectivity index (χ3n) is 5.65. The molecule has 0 radical (unpaired) electrons. The average molecular weight is 360 g/mol. The van der Waals surface area contributed by atoms with Gasteiger partial charge in [0.2, 0.25) is 5.91 Å². The number of hydrogen-bond donors (Lipinski definition) is 0. The molecule has 26 heavy (non-hydrogen) atoms. The third kappa shape index (κ3) is 4.13. The summed E-state index contributed by atoms with van der Waals surface area (Å²) in [4.78, 5) is 29.8. The van der Waals surface area contributed by atoms with E-state index < -0.39 is 0 Å². The van der Waals surface area contributed by atoms with Crippen molar-refractivity contribution in [1.29, 1.82) is 0 Å². The summed E-state index contributed by atoms with van der Waals surface area (Å²) in [5.41, 5.74) is 0.667. The van der Waals surface area contributed by atoms with E-state index in [1.165, 1.54) is 12.8 Å². The van der Waals surface area contributed by atoms with Crippen LogP contribution in [-0.4, -0.2) is 51.9 Å². The van der Waals surface area contributed by atoms with E-state index in [0.717, 1.165) is 6.54 Å². The first kappa shape index (κ1) is 19.0. The highest BCUT2D eigenvalue weighted by molar-refractivity contribution is 5.94. The van der Waals surface area contributed by atoms with Crippen LogP contribution in [0.1, 0.15) is 64.2 Å². The van der Waals surface area contributed by atoms with Gasteiger partial charge >= 0.3 is 0 Å². The van der Waals surface area contributed by atoms with Crippen LogP contribution in [0.4, 0.5) is 0 Å². The van der Waals surface area contributed by atoms with Crippen LogP contribution >= 0.6 is 0 Å². The van der Waals surface area contributed by atoms with Gasteiger partial charge in [-0.1, -0.05) is 13.8 Å². The monoisotopic (exact) mass is 359 g/mol. The molecule has 1 unspecified atom stereocenters. The molecule has 1 aliphatic heterocycles. The molecule has 1 aromatic heterocycles. The Hall–Kier alpha value is -1.78. The van der Waals surface area contributed by atoms with E-state index in [9.17, 15) is 9.59 Å². The average Bonchev–Trinajstić information content (AvgIpc) is 3.26. The summed E-state index contributed by atoms with van der Waals surface area (Å²) < 4.78 is 2.07. The molecule has 1 aromatic rings. The molecule has 0 spiro atoms. The van der Waals surface area contributed by atoms with Crippen LogP contribution in [0.2, 0.25) is 0 Å².